The number of para-hydroxylation sites is 1. The molecule has 5 N–H and O–H groups in total. The van der Waals surface area contributed by atoms with Crippen molar-refractivity contribution >= 4 is 11.8 Å². The molecule has 2 atom stereocenters. The Morgan fingerprint density at radius 3 is 2.50 bits per heavy atom. The molecule has 0 spiro atoms. The molecule has 2 unspecified atom stereocenters. The molecule has 0 aliphatic heterocycles. The first-order valence-corrected chi connectivity index (χ1v) is 13.1. The fourth-order valence-corrected chi connectivity index (χ4v) is 4.73. The van der Waals surface area contributed by atoms with E-state index in [1.807, 2.05) is 25.9 Å². The second-order valence-electron chi connectivity index (χ2n) is 10.1. The van der Waals surface area contributed by atoms with E-state index >= 15 is 4.39 Å². The number of methoxy groups -OCH3 is 1. The molecular weight excluding hydrogens is 543 g/mol. The Morgan fingerprint density at radius 1 is 1.19 bits per heavy atom. The highest BCUT2D eigenvalue weighted by atomic mass is 19.1. The van der Waals surface area contributed by atoms with E-state index in [-0.39, 0.29) is 46.7 Å². The average molecular weight is 577 g/mol. The monoisotopic (exact) mass is 576 g/mol. The summed E-state index contributed by atoms with van der Waals surface area (Å²) in [4.78, 5) is 29.6. The van der Waals surface area contributed by atoms with Gasteiger partial charge in [0.15, 0.2) is 11.6 Å². The summed E-state index contributed by atoms with van der Waals surface area (Å²) in [5.74, 6) is -2.38. The molecular formula is C30H33FN6O5. The minimum Gasteiger partial charge on any atom is -0.497 e. The van der Waals surface area contributed by atoms with E-state index < -0.39 is 23.4 Å². The summed E-state index contributed by atoms with van der Waals surface area (Å²) < 4.78 is 28.6. The molecule has 0 fully saturated rings. The second-order valence-corrected chi connectivity index (χ2v) is 10.1. The minimum atomic E-state index is -1.23. The summed E-state index contributed by atoms with van der Waals surface area (Å²) in [6.07, 6.45) is -0.166. The smallest absolute Gasteiger partial charge is 0.348 e. The second kappa shape index (κ2) is 12.7. The minimum absolute atomic E-state index is 0.0198. The molecule has 11 nitrogen and oxygen atoms in total. The molecule has 4 rings (SSSR count). The van der Waals surface area contributed by atoms with Crippen LogP contribution in [0.1, 0.15) is 45.7 Å². The lowest BCUT2D eigenvalue weighted by atomic mass is 9.90. The first-order chi connectivity index (χ1) is 20.0. The van der Waals surface area contributed by atoms with Crippen molar-refractivity contribution < 1.29 is 23.8 Å². The molecule has 0 saturated heterocycles. The number of nitrogens with two attached hydrogens (primary N) is 1. The molecule has 0 aliphatic rings. The summed E-state index contributed by atoms with van der Waals surface area (Å²) in [5, 5.41) is 21.8. The summed E-state index contributed by atoms with van der Waals surface area (Å²) in [6, 6.07) is 15.8. The number of likely N-dealkylation sites (N-methyl/N-ethyl adjacent to an activating group) is 1. The predicted octanol–water partition coefficient (Wildman–Crippen LogP) is 3.39. The lowest BCUT2D eigenvalue weighted by Gasteiger charge is -2.22. The molecule has 0 bridgehead atoms. The number of carboxylic acids is 1. The Balaban J connectivity index is 1.87. The van der Waals surface area contributed by atoms with Crippen LogP contribution >= 0.6 is 0 Å². The van der Waals surface area contributed by atoms with Gasteiger partial charge in [0.05, 0.1) is 24.3 Å². The van der Waals surface area contributed by atoms with Gasteiger partial charge >= 0.3 is 11.7 Å². The van der Waals surface area contributed by atoms with Gasteiger partial charge < -0.3 is 25.2 Å². The van der Waals surface area contributed by atoms with Crippen LogP contribution in [0.2, 0.25) is 0 Å². The lowest BCUT2D eigenvalue weighted by molar-refractivity contribution is 0.0696. The highest BCUT2D eigenvalue weighted by Gasteiger charge is 2.28. The van der Waals surface area contributed by atoms with Crippen molar-refractivity contribution in [2.45, 2.75) is 25.4 Å². The standard InChI is InChI=1S/C30H33FN6O5/c1-17(16-36(2)3)42-25-15-20(41-4)14-22(26(25)31)23(13-18-9-11-19(12-10-18)27(32)33)28-34-30(40)37(35-28)24-8-6-5-7-21(24)29(38)39/h5-12,14-15,17,23H,13,16H2,1-4H3,(H3,32,33)(H,38,39)(H,34,35,40). The van der Waals surface area contributed by atoms with E-state index in [0.717, 1.165) is 10.2 Å². The molecule has 0 radical (unpaired) electrons. The fraction of sp³-hybridized carbons (Fsp3) is 0.267. The molecule has 1 aromatic heterocycles. The van der Waals surface area contributed by atoms with Gasteiger partial charge in [-0.2, -0.15) is 4.68 Å². The molecule has 42 heavy (non-hydrogen) atoms. The third-order valence-corrected chi connectivity index (χ3v) is 6.64. The maximum atomic E-state index is 16.3. The third-order valence-electron chi connectivity index (χ3n) is 6.64. The van der Waals surface area contributed by atoms with Crippen molar-refractivity contribution in [3.05, 3.63) is 105 Å². The van der Waals surface area contributed by atoms with Crippen molar-refractivity contribution in [1.29, 1.82) is 5.41 Å². The predicted molar refractivity (Wildman–Crippen MR) is 156 cm³/mol. The number of H-pyrrole nitrogens is 1. The Hall–Kier alpha value is -4.97. The van der Waals surface area contributed by atoms with Crippen molar-refractivity contribution in [1.82, 2.24) is 19.7 Å². The van der Waals surface area contributed by atoms with Crippen LogP contribution in [0, 0.1) is 11.2 Å². The number of aromatic nitrogens is 3. The molecule has 3 aromatic carbocycles. The SMILES string of the molecule is COc1cc(OC(C)CN(C)C)c(F)c(C(Cc2ccc(C(=N)N)cc2)c2nn(-c3ccccc3C(=O)O)c(=O)[nH]2)c1. The number of aromatic carboxylic acids is 1. The van der Waals surface area contributed by atoms with Gasteiger partial charge in [0.1, 0.15) is 23.5 Å². The van der Waals surface area contributed by atoms with Gasteiger partial charge in [-0.15, -0.1) is 5.10 Å². The maximum Gasteiger partial charge on any atom is 0.348 e. The van der Waals surface area contributed by atoms with Crippen LogP contribution in [0.5, 0.6) is 11.5 Å². The first kappa shape index (κ1) is 30.0. The van der Waals surface area contributed by atoms with Crippen LogP contribution < -0.4 is 20.9 Å². The van der Waals surface area contributed by atoms with E-state index in [2.05, 4.69) is 10.1 Å². The number of nitrogens with one attached hydrogen (secondary N) is 2. The number of nitrogen functional groups attached to an aromatic ring is 1. The number of rotatable bonds is 12. The highest BCUT2D eigenvalue weighted by Crippen LogP contribution is 2.36. The largest absolute Gasteiger partial charge is 0.497 e. The molecule has 4 aromatic rings. The van der Waals surface area contributed by atoms with E-state index in [1.54, 1.807) is 36.4 Å². The van der Waals surface area contributed by atoms with E-state index in [0.29, 0.717) is 17.9 Å². The molecule has 1 heterocycles. The number of benzene rings is 3. The van der Waals surface area contributed by atoms with Crippen molar-refractivity contribution in [2.24, 2.45) is 5.73 Å². The molecule has 12 heteroatoms. The molecule has 0 saturated carbocycles. The normalized spacial score (nSPS) is 12.6. The maximum absolute atomic E-state index is 16.3. The number of ether oxygens (including phenoxy) is 2. The zero-order valence-corrected chi connectivity index (χ0v) is 23.7. The average Bonchev–Trinajstić information content (AvgIpc) is 3.33. The van der Waals surface area contributed by atoms with Crippen LogP contribution in [-0.2, 0) is 6.42 Å². The number of hydrogen-bond acceptors (Lipinski definition) is 7. The van der Waals surface area contributed by atoms with Gasteiger partial charge in [-0.25, -0.2) is 14.0 Å². The van der Waals surface area contributed by atoms with Gasteiger partial charge in [-0.05, 0) is 51.2 Å². The van der Waals surface area contributed by atoms with E-state index in [4.69, 9.17) is 20.6 Å². The number of carbonyl (C=O) groups is 1. The fourth-order valence-electron chi connectivity index (χ4n) is 4.73. The number of hydrogen-bond donors (Lipinski definition) is 4. The van der Waals surface area contributed by atoms with E-state index in [9.17, 15) is 14.7 Å². The number of halogens is 1. The first-order valence-electron chi connectivity index (χ1n) is 13.1. The third kappa shape index (κ3) is 6.66. The summed E-state index contributed by atoms with van der Waals surface area (Å²) in [5.41, 5.74) is 6.29. The molecule has 220 valence electrons. The van der Waals surface area contributed by atoms with Gasteiger partial charge in [0, 0.05) is 23.7 Å². The lowest BCUT2D eigenvalue weighted by Crippen LogP contribution is -2.28. The van der Waals surface area contributed by atoms with Crippen molar-refractivity contribution in [2.75, 3.05) is 27.7 Å². The summed E-state index contributed by atoms with van der Waals surface area (Å²) in [6.45, 7) is 2.37. The zero-order chi connectivity index (χ0) is 30.6. The Kier molecular flexibility index (Phi) is 9.06. The number of nitrogens with zero attached hydrogens (tertiary/aromatic N) is 3. The van der Waals surface area contributed by atoms with Gasteiger partial charge in [-0.1, -0.05) is 36.4 Å². The van der Waals surface area contributed by atoms with Crippen LogP contribution in [-0.4, -0.2) is 70.4 Å². The van der Waals surface area contributed by atoms with Crippen LogP contribution in [0.3, 0.4) is 0 Å². The topological polar surface area (TPSA) is 160 Å². The molecule has 0 aliphatic carbocycles. The Bertz CT molecular complexity index is 1650. The number of aromatic amines is 1. The van der Waals surface area contributed by atoms with Crippen molar-refractivity contribution in [3.63, 3.8) is 0 Å². The highest BCUT2D eigenvalue weighted by molar-refractivity contribution is 5.94. The summed E-state index contributed by atoms with van der Waals surface area (Å²) in [7, 11) is 5.23. The molecule has 0 amide bonds. The van der Waals surface area contributed by atoms with Gasteiger partial charge in [0.25, 0.3) is 0 Å². The number of amidine groups is 1. The van der Waals surface area contributed by atoms with Crippen LogP contribution in [0.4, 0.5) is 4.39 Å². The van der Waals surface area contributed by atoms with Crippen molar-refractivity contribution in [3.8, 4) is 17.2 Å². The Morgan fingerprint density at radius 2 is 1.88 bits per heavy atom. The summed E-state index contributed by atoms with van der Waals surface area (Å²) >= 11 is 0. The van der Waals surface area contributed by atoms with Gasteiger partial charge in [0.2, 0.25) is 0 Å². The van der Waals surface area contributed by atoms with Gasteiger partial charge in [-0.3, -0.25) is 10.4 Å². The number of carboxylic acid groups (broad SMARTS) is 1. The van der Waals surface area contributed by atoms with Crippen LogP contribution in [0.15, 0.2) is 65.5 Å². The van der Waals surface area contributed by atoms with E-state index in [1.165, 1.54) is 31.4 Å². The Labute approximate surface area is 241 Å². The van der Waals surface area contributed by atoms with Crippen LogP contribution in [0.25, 0.3) is 5.69 Å². The zero-order valence-electron chi connectivity index (χ0n) is 23.7. The quantitative estimate of drug-likeness (QED) is 0.148.